The molecule has 1 atom stereocenters. The summed E-state index contributed by atoms with van der Waals surface area (Å²) in [7, 11) is -2.84. The topological polar surface area (TPSA) is 46.2 Å². The van der Waals surface area contributed by atoms with Crippen molar-refractivity contribution in [1.82, 2.24) is 5.32 Å². The van der Waals surface area contributed by atoms with E-state index in [-0.39, 0.29) is 0 Å². The lowest BCUT2D eigenvalue weighted by atomic mass is 10.1. The molecule has 1 saturated carbocycles. The van der Waals surface area contributed by atoms with Gasteiger partial charge < -0.3 is 5.32 Å². The van der Waals surface area contributed by atoms with Crippen LogP contribution in [0.2, 0.25) is 0 Å². The Labute approximate surface area is 106 Å². The summed E-state index contributed by atoms with van der Waals surface area (Å²) in [6, 6.07) is 0.432. The maximum Gasteiger partial charge on any atom is 0.151 e. The number of rotatable bonds is 8. The predicted molar refractivity (Wildman–Crippen MR) is 73.0 cm³/mol. The highest BCUT2D eigenvalue weighted by molar-refractivity contribution is 7.91. The minimum Gasteiger partial charge on any atom is -0.313 e. The van der Waals surface area contributed by atoms with Gasteiger partial charge in [-0.3, -0.25) is 0 Å². The molecule has 0 radical (unpaired) electrons. The van der Waals surface area contributed by atoms with E-state index in [2.05, 4.69) is 19.2 Å². The molecule has 4 heteroatoms. The van der Waals surface area contributed by atoms with Gasteiger partial charge in [-0.1, -0.05) is 26.2 Å². The van der Waals surface area contributed by atoms with Crippen LogP contribution in [0.5, 0.6) is 0 Å². The van der Waals surface area contributed by atoms with Gasteiger partial charge in [-0.25, -0.2) is 8.42 Å². The van der Waals surface area contributed by atoms with E-state index in [1.807, 2.05) is 0 Å². The Morgan fingerprint density at radius 3 is 2.53 bits per heavy atom. The first-order valence-corrected chi connectivity index (χ1v) is 8.79. The zero-order valence-corrected chi connectivity index (χ0v) is 12.1. The van der Waals surface area contributed by atoms with Crippen LogP contribution in [-0.2, 0) is 9.84 Å². The van der Waals surface area contributed by atoms with Crippen molar-refractivity contribution in [1.29, 1.82) is 0 Å². The highest BCUT2D eigenvalue weighted by Crippen LogP contribution is 2.25. The fourth-order valence-electron chi connectivity index (χ4n) is 2.62. The maximum absolute atomic E-state index is 11.9. The van der Waals surface area contributed by atoms with E-state index in [0.29, 0.717) is 30.0 Å². The largest absolute Gasteiger partial charge is 0.313 e. The molecule has 0 aliphatic heterocycles. The van der Waals surface area contributed by atoms with E-state index in [1.54, 1.807) is 0 Å². The van der Waals surface area contributed by atoms with Crippen molar-refractivity contribution in [2.45, 2.75) is 58.4 Å². The Kier molecular flexibility index (Phi) is 6.49. The van der Waals surface area contributed by atoms with Crippen LogP contribution in [0.1, 0.15) is 52.4 Å². The third-order valence-corrected chi connectivity index (χ3v) is 5.40. The summed E-state index contributed by atoms with van der Waals surface area (Å²) in [5.41, 5.74) is 0. The molecule has 17 heavy (non-hydrogen) atoms. The van der Waals surface area contributed by atoms with Crippen molar-refractivity contribution in [3.05, 3.63) is 0 Å². The minimum atomic E-state index is -2.84. The van der Waals surface area contributed by atoms with Gasteiger partial charge in [0.2, 0.25) is 0 Å². The highest BCUT2D eigenvalue weighted by Gasteiger charge is 2.22. The molecule has 102 valence electrons. The quantitative estimate of drug-likeness (QED) is 0.729. The van der Waals surface area contributed by atoms with Crippen LogP contribution in [0, 0.1) is 5.92 Å². The van der Waals surface area contributed by atoms with E-state index in [1.165, 1.54) is 12.8 Å². The van der Waals surface area contributed by atoms with Gasteiger partial charge in [0.1, 0.15) is 0 Å². The molecule has 1 aliphatic carbocycles. The van der Waals surface area contributed by atoms with Gasteiger partial charge in [-0.2, -0.15) is 0 Å². The number of hydrogen-bond acceptors (Lipinski definition) is 3. The summed E-state index contributed by atoms with van der Waals surface area (Å²) in [6.45, 7) is 4.87. The fraction of sp³-hybridized carbons (Fsp3) is 1.00. The molecule has 0 aromatic carbocycles. The van der Waals surface area contributed by atoms with Gasteiger partial charge in [-0.05, 0) is 32.1 Å². The number of hydrogen-bond donors (Lipinski definition) is 1. The molecule has 1 aliphatic rings. The van der Waals surface area contributed by atoms with Gasteiger partial charge in [-0.15, -0.1) is 0 Å². The minimum absolute atomic E-state index is 0.303. The molecule has 0 aromatic rings. The predicted octanol–water partition coefficient (Wildman–Crippen LogP) is 2.37. The normalized spacial score (nSPS) is 19.6. The van der Waals surface area contributed by atoms with Crippen molar-refractivity contribution in [2.24, 2.45) is 5.92 Å². The molecule has 1 rings (SSSR count). The number of sulfone groups is 1. The lowest BCUT2D eigenvalue weighted by Crippen LogP contribution is -2.32. The van der Waals surface area contributed by atoms with Crippen molar-refractivity contribution in [3.63, 3.8) is 0 Å². The fourth-order valence-corrected chi connectivity index (χ4v) is 4.26. The summed E-state index contributed by atoms with van der Waals surface area (Å²) < 4.78 is 23.8. The second-order valence-corrected chi connectivity index (χ2v) is 7.64. The van der Waals surface area contributed by atoms with E-state index < -0.39 is 9.84 Å². The highest BCUT2D eigenvalue weighted by atomic mass is 32.2. The van der Waals surface area contributed by atoms with E-state index in [4.69, 9.17) is 0 Å². The van der Waals surface area contributed by atoms with Crippen molar-refractivity contribution < 1.29 is 8.42 Å². The molecule has 0 aromatic heterocycles. The van der Waals surface area contributed by atoms with Crippen LogP contribution in [0.15, 0.2) is 0 Å². The molecule has 1 unspecified atom stereocenters. The molecule has 0 saturated heterocycles. The van der Waals surface area contributed by atoms with Gasteiger partial charge >= 0.3 is 0 Å². The molecule has 0 heterocycles. The summed E-state index contributed by atoms with van der Waals surface area (Å²) in [4.78, 5) is 0. The number of nitrogens with one attached hydrogen (secondary N) is 1. The molecule has 0 amide bonds. The van der Waals surface area contributed by atoms with Crippen LogP contribution >= 0.6 is 0 Å². The van der Waals surface area contributed by atoms with Crippen LogP contribution in [0.4, 0.5) is 0 Å². The van der Waals surface area contributed by atoms with Crippen LogP contribution in [-0.4, -0.2) is 32.5 Å². The second-order valence-electron chi connectivity index (χ2n) is 5.41. The third kappa shape index (κ3) is 6.41. The SMILES string of the molecule is CCCC(C)NCCS(=O)(=O)CC1CCCC1. The summed E-state index contributed by atoms with van der Waals surface area (Å²) in [5.74, 6) is 1.15. The van der Waals surface area contributed by atoms with E-state index >= 15 is 0 Å². The van der Waals surface area contributed by atoms with Crippen LogP contribution < -0.4 is 5.32 Å². The molecule has 0 bridgehead atoms. The Balaban J connectivity index is 2.19. The van der Waals surface area contributed by atoms with Crippen molar-refractivity contribution in [2.75, 3.05) is 18.1 Å². The van der Waals surface area contributed by atoms with Gasteiger partial charge in [0.05, 0.1) is 11.5 Å². The monoisotopic (exact) mass is 261 g/mol. The Bertz CT molecular complexity index is 295. The standard InChI is InChI=1S/C13H27NO2S/c1-3-6-12(2)14-9-10-17(15,16)11-13-7-4-5-8-13/h12-14H,3-11H2,1-2H3. The van der Waals surface area contributed by atoms with Gasteiger partial charge in [0, 0.05) is 12.6 Å². The smallest absolute Gasteiger partial charge is 0.151 e. The second kappa shape index (κ2) is 7.37. The Hall–Kier alpha value is -0.0900. The van der Waals surface area contributed by atoms with Crippen molar-refractivity contribution >= 4 is 9.84 Å². The molecular weight excluding hydrogens is 234 g/mol. The van der Waals surface area contributed by atoms with Crippen LogP contribution in [0.3, 0.4) is 0 Å². The molecule has 3 nitrogen and oxygen atoms in total. The lowest BCUT2D eigenvalue weighted by molar-refractivity contribution is 0.517. The average Bonchev–Trinajstić information content (AvgIpc) is 2.69. The first-order chi connectivity index (χ1) is 8.03. The van der Waals surface area contributed by atoms with Crippen molar-refractivity contribution in [3.8, 4) is 0 Å². The molecule has 1 fully saturated rings. The molecule has 0 spiro atoms. The Morgan fingerprint density at radius 2 is 1.94 bits per heavy atom. The van der Waals surface area contributed by atoms with E-state index in [0.717, 1.165) is 25.7 Å². The first kappa shape index (κ1) is 15.0. The zero-order chi connectivity index (χ0) is 12.7. The molecular formula is C13H27NO2S. The first-order valence-electron chi connectivity index (χ1n) is 6.97. The van der Waals surface area contributed by atoms with E-state index in [9.17, 15) is 8.42 Å². The van der Waals surface area contributed by atoms with Crippen LogP contribution in [0.25, 0.3) is 0 Å². The summed E-state index contributed by atoms with van der Waals surface area (Å²) >= 11 is 0. The Morgan fingerprint density at radius 1 is 1.29 bits per heavy atom. The third-order valence-electron chi connectivity index (χ3n) is 3.59. The van der Waals surface area contributed by atoms with Gasteiger partial charge in [0.25, 0.3) is 0 Å². The van der Waals surface area contributed by atoms with Gasteiger partial charge in [0.15, 0.2) is 9.84 Å². The zero-order valence-electron chi connectivity index (χ0n) is 11.2. The molecule has 1 N–H and O–H groups in total. The summed E-state index contributed by atoms with van der Waals surface area (Å²) in [5, 5.41) is 3.29. The lowest BCUT2D eigenvalue weighted by Gasteiger charge is -2.14. The summed E-state index contributed by atoms with van der Waals surface area (Å²) in [6.07, 6.45) is 6.90. The average molecular weight is 261 g/mol. The maximum atomic E-state index is 11.9.